The molecular weight excluding hydrogens is 506 g/mol. The van der Waals surface area contributed by atoms with E-state index < -0.39 is 0 Å². The van der Waals surface area contributed by atoms with Gasteiger partial charge in [0.1, 0.15) is 11.4 Å². The molecule has 1 aliphatic rings. The molecular formula is C30H29N7O3. The Balaban J connectivity index is 1.68. The number of ether oxygens (including phenoxy) is 1. The Bertz CT molecular complexity index is 1840. The summed E-state index contributed by atoms with van der Waals surface area (Å²) in [6.45, 7) is 5.78. The van der Waals surface area contributed by atoms with Crippen molar-refractivity contribution in [2.75, 3.05) is 33.3 Å². The minimum absolute atomic E-state index is 0.117. The van der Waals surface area contributed by atoms with E-state index in [1.165, 1.54) is 6.92 Å². The number of benzene rings is 2. The third kappa shape index (κ3) is 4.22. The van der Waals surface area contributed by atoms with Crippen molar-refractivity contribution >= 4 is 50.1 Å². The van der Waals surface area contributed by atoms with Gasteiger partial charge in [-0.25, -0.2) is 9.97 Å². The van der Waals surface area contributed by atoms with Gasteiger partial charge >= 0.3 is 0 Å². The van der Waals surface area contributed by atoms with Gasteiger partial charge in [0, 0.05) is 71.1 Å². The monoisotopic (exact) mass is 535 g/mol. The summed E-state index contributed by atoms with van der Waals surface area (Å²) in [5, 5.41) is 5.72. The molecule has 4 N–H and O–H groups in total. The minimum Gasteiger partial charge on any atom is -0.496 e. The van der Waals surface area contributed by atoms with Crippen LogP contribution in [0.3, 0.4) is 0 Å². The average Bonchev–Trinajstić information content (AvgIpc) is 3.33. The zero-order chi connectivity index (χ0) is 28.0. The predicted octanol–water partition coefficient (Wildman–Crippen LogP) is 3.66. The van der Waals surface area contributed by atoms with Crippen LogP contribution in [-0.4, -0.2) is 69.8 Å². The Kier molecular flexibility index (Phi) is 6.39. The summed E-state index contributed by atoms with van der Waals surface area (Å²) in [7, 11) is 1.56. The van der Waals surface area contributed by atoms with E-state index in [-0.39, 0.29) is 17.5 Å². The molecule has 0 bridgehead atoms. The van der Waals surface area contributed by atoms with Crippen molar-refractivity contribution in [2.45, 2.75) is 13.8 Å². The molecule has 0 unspecified atom stereocenters. The molecule has 0 radical (unpaired) electrons. The number of hydrogen-bond acceptors (Lipinski definition) is 8. The van der Waals surface area contributed by atoms with Crippen LogP contribution in [0.25, 0.3) is 49.7 Å². The number of para-hydroxylation sites is 1. The van der Waals surface area contributed by atoms with Crippen molar-refractivity contribution in [3.63, 3.8) is 0 Å². The number of aromatic nitrogens is 4. The van der Waals surface area contributed by atoms with Crippen molar-refractivity contribution < 1.29 is 14.3 Å². The summed E-state index contributed by atoms with van der Waals surface area (Å²) in [4.78, 5) is 45.4. The van der Waals surface area contributed by atoms with Crippen LogP contribution in [0.4, 0.5) is 0 Å². The van der Waals surface area contributed by atoms with Crippen molar-refractivity contribution in [3.05, 3.63) is 65.7 Å². The number of methoxy groups -OCH3 is 1. The standard InChI is InChI=1S/C30H29N7O3/c1-16(31)25(17(2)38)21-14-23-20(15-24(21)40-3)26-27(19-8-9-33-22-7-5-4-6-18(19)22)35-29(36-28(26)34-23)30(39)37-12-10-32-11-13-37/h4-9,14-15,32H,10-13,31H2,1-3H3,(H,34,35,36). The van der Waals surface area contributed by atoms with Crippen LogP contribution in [0.1, 0.15) is 30.0 Å². The van der Waals surface area contributed by atoms with Gasteiger partial charge in [-0.2, -0.15) is 0 Å². The zero-order valence-corrected chi connectivity index (χ0v) is 22.5. The van der Waals surface area contributed by atoms with Gasteiger partial charge in [0.25, 0.3) is 5.91 Å². The van der Waals surface area contributed by atoms with Gasteiger partial charge in [-0.15, -0.1) is 0 Å². The largest absolute Gasteiger partial charge is 0.496 e. The lowest BCUT2D eigenvalue weighted by Crippen LogP contribution is -2.46. The van der Waals surface area contributed by atoms with Crippen LogP contribution in [0.5, 0.6) is 5.75 Å². The number of aromatic amines is 1. The molecule has 1 aliphatic heterocycles. The molecule has 202 valence electrons. The van der Waals surface area contributed by atoms with Gasteiger partial charge in [0.05, 0.1) is 23.7 Å². The number of rotatable bonds is 5. The molecule has 40 heavy (non-hydrogen) atoms. The molecule has 3 aromatic heterocycles. The third-order valence-electron chi connectivity index (χ3n) is 7.29. The molecule has 1 amide bonds. The second kappa shape index (κ2) is 10.0. The molecule has 1 fully saturated rings. The van der Waals surface area contributed by atoms with Crippen molar-refractivity contribution in [2.24, 2.45) is 5.73 Å². The first-order valence-electron chi connectivity index (χ1n) is 13.1. The van der Waals surface area contributed by atoms with Gasteiger partial charge in [-0.05, 0) is 38.1 Å². The van der Waals surface area contributed by atoms with Gasteiger partial charge in [-0.1, -0.05) is 18.2 Å². The summed E-state index contributed by atoms with van der Waals surface area (Å²) >= 11 is 0. The third-order valence-corrected chi connectivity index (χ3v) is 7.29. The number of carbonyl (C=O) groups excluding carboxylic acids is 2. The molecule has 6 rings (SSSR count). The maximum atomic E-state index is 13.6. The van der Waals surface area contributed by atoms with E-state index >= 15 is 0 Å². The molecule has 2 aromatic carbocycles. The number of H-pyrrole nitrogens is 1. The Morgan fingerprint density at radius 2 is 1.80 bits per heavy atom. The number of piperazine rings is 1. The lowest BCUT2D eigenvalue weighted by molar-refractivity contribution is -0.111. The smallest absolute Gasteiger partial charge is 0.291 e. The van der Waals surface area contributed by atoms with Crippen LogP contribution < -0.4 is 15.8 Å². The number of carbonyl (C=O) groups is 2. The number of nitrogens with two attached hydrogens (primary N) is 1. The maximum absolute atomic E-state index is 13.6. The van der Waals surface area contributed by atoms with E-state index in [0.29, 0.717) is 52.5 Å². The topological polar surface area (TPSA) is 139 Å². The number of Topliss-reactive ketones (excluding diaryl/α,β-unsaturated/α-hetero) is 1. The SMILES string of the molecule is COc1cc2c(cc1C(C(C)=O)=C(C)N)[nH]c1nc(C(=O)N3CCNCC3)nc(-c3ccnc4ccccc34)c12. The Labute approximate surface area is 230 Å². The summed E-state index contributed by atoms with van der Waals surface area (Å²) < 4.78 is 5.74. The quantitative estimate of drug-likeness (QED) is 0.290. The fourth-order valence-corrected chi connectivity index (χ4v) is 5.47. The van der Waals surface area contributed by atoms with Crippen LogP contribution in [-0.2, 0) is 4.79 Å². The first kappa shape index (κ1) is 25.4. The van der Waals surface area contributed by atoms with E-state index in [1.54, 1.807) is 25.1 Å². The highest BCUT2D eigenvalue weighted by Crippen LogP contribution is 2.40. The Morgan fingerprint density at radius 3 is 2.52 bits per heavy atom. The number of amides is 1. The highest BCUT2D eigenvalue weighted by Gasteiger charge is 2.26. The molecule has 0 atom stereocenters. The number of fused-ring (bicyclic) bond motifs is 4. The first-order valence-corrected chi connectivity index (χ1v) is 13.1. The maximum Gasteiger partial charge on any atom is 0.291 e. The van der Waals surface area contributed by atoms with Gasteiger partial charge in [0.2, 0.25) is 5.82 Å². The normalized spacial score (nSPS) is 14.5. The van der Waals surface area contributed by atoms with E-state index in [0.717, 1.165) is 40.3 Å². The molecule has 10 heteroatoms. The van der Waals surface area contributed by atoms with E-state index in [9.17, 15) is 9.59 Å². The van der Waals surface area contributed by atoms with Crippen LogP contribution in [0.15, 0.2) is 54.4 Å². The number of pyridine rings is 1. The second-order valence-electron chi connectivity index (χ2n) is 9.87. The lowest BCUT2D eigenvalue weighted by Gasteiger charge is -2.26. The predicted molar refractivity (Wildman–Crippen MR) is 155 cm³/mol. The average molecular weight is 536 g/mol. The van der Waals surface area contributed by atoms with Crippen LogP contribution >= 0.6 is 0 Å². The number of hydrogen-bond donors (Lipinski definition) is 3. The van der Waals surface area contributed by atoms with E-state index in [1.807, 2.05) is 42.5 Å². The first-order chi connectivity index (χ1) is 19.4. The molecule has 0 spiro atoms. The van der Waals surface area contributed by atoms with Crippen molar-refractivity contribution in [3.8, 4) is 17.0 Å². The summed E-state index contributed by atoms with van der Waals surface area (Å²) in [5.74, 6) is 0.225. The molecule has 5 aromatic rings. The molecule has 0 aliphatic carbocycles. The van der Waals surface area contributed by atoms with E-state index in [4.69, 9.17) is 20.4 Å². The van der Waals surface area contributed by atoms with Crippen LogP contribution in [0, 0.1) is 0 Å². The summed E-state index contributed by atoms with van der Waals surface area (Å²) in [5.41, 5.74) is 11.0. The molecule has 1 saturated heterocycles. The fourth-order valence-electron chi connectivity index (χ4n) is 5.47. The van der Waals surface area contributed by atoms with Crippen molar-refractivity contribution in [1.29, 1.82) is 0 Å². The molecule has 0 saturated carbocycles. The molecule has 4 heterocycles. The molecule has 10 nitrogen and oxygen atoms in total. The summed E-state index contributed by atoms with van der Waals surface area (Å²) in [6.07, 6.45) is 1.74. The van der Waals surface area contributed by atoms with Gasteiger partial charge in [-0.3, -0.25) is 14.6 Å². The highest BCUT2D eigenvalue weighted by atomic mass is 16.5. The van der Waals surface area contributed by atoms with E-state index in [2.05, 4.69) is 15.3 Å². The highest BCUT2D eigenvalue weighted by molar-refractivity contribution is 6.23. The van der Waals surface area contributed by atoms with Gasteiger partial charge in [0.15, 0.2) is 5.78 Å². The number of nitrogens with zero attached hydrogens (tertiary/aromatic N) is 4. The van der Waals surface area contributed by atoms with Crippen LogP contribution in [0.2, 0.25) is 0 Å². The summed E-state index contributed by atoms with van der Waals surface area (Å²) in [6, 6.07) is 13.4. The van der Waals surface area contributed by atoms with Gasteiger partial charge < -0.3 is 25.7 Å². The second-order valence-corrected chi connectivity index (χ2v) is 9.87. The number of allylic oxidation sites excluding steroid dienone is 2. The number of ketones is 1. The number of nitrogens with one attached hydrogen (secondary N) is 2. The van der Waals surface area contributed by atoms with Crippen molar-refractivity contribution in [1.82, 2.24) is 30.2 Å². The zero-order valence-electron chi connectivity index (χ0n) is 22.5. The Hall–Kier alpha value is -4.83. The lowest BCUT2D eigenvalue weighted by atomic mass is 9.97. The minimum atomic E-state index is -0.222. The Morgan fingerprint density at radius 1 is 1.02 bits per heavy atom. The fraction of sp³-hybridized carbons (Fsp3) is 0.233.